The van der Waals surface area contributed by atoms with Crippen LogP contribution in [-0.2, 0) is 4.74 Å². The Labute approximate surface area is 124 Å². The first-order chi connectivity index (χ1) is 9.70. The van der Waals surface area contributed by atoms with Crippen LogP contribution in [0.5, 0.6) is 0 Å². The number of piperazine rings is 1. The van der Waals surface area contributed by atoms with Gasteiger partial charge in [0.05, 0.1) is 0 Å². The molecule has 2 aliphatic carbocycles. The SMILES string of the molecule is COCCC(C)N1CC2(CCCC2)NCC12CCCC2. The maximum Gasteiger partial charge on any atom is 0.0477 e. The number of nitrogens with one attached hydrogen (secondary N) is 1. The van der Waals surface area contributed by atoms with Crippen molar-refractivity contribution in [2.45, 2.75) is 81.8 Å². The molecule has 116 valence electrons. The highest BCUT2D eigenvalue weighted by atomic mass is 16.5. The van der Waals surface area contributed by atoms with E-state index in [0.29, 0.717) is 17.1 Å². The molecule has 2 saturated carbocycles. The van der Waals surface area contributed by atoms with Crippen LogP contribution in [0, 0.1) is 0 Å². The fourth-order valence-corrected chi connectivity index (χ4v) is 4.95. The van der Waals surface area contributed by atoms with E-state index in [1.54, 1.807) is 0 Å². The lowest BCUT2D eigenvalue weighted by atomic mass is 9.83. The molecule has 0 aromatic rings. The first kappa shape index (κ1) is 14.8. The summed E-state index contributed by atoms with van der Waals surface area (Å²) in [6, 6.07) is 0.660. The topological polar surface area (TPSA) is 24.5 Å². The second kappa shape index (κ2) is 5.94. The van der Waals surface area contributed by atoms with Crippen LogP contribution in [0.4, 0.5) is 0 Å². The molecule has 3 fully saturated rings. The third-order valence-electron chi connectivity index (χ3n) is 6.24. The lowest BCUT2D eigenvalue weighted by Gasteiger charge is -2.55. The highest BCUT2D eigenvalue weighted by Crippen LogP contribution is 2.43. The quantitative estimate of drug-likeness (QED) is 0.857. The van der Waals surface area contributed by atoms with Crippen molar-refractivity contribution < 1.29 is 4.74 Å². The maximum absolute atomic E-state index is 5.33. The lowest BCUT2D eigenvalue weighted by Crippen LogP contribution is -2.70. The molecule has 0 aromatic carbocycles. The first-order valence-corrected chi connectivity index (χ1v) is 8.71. The molecule has 1 N–H and O–H groups in total. The zero-order valence-corrected chi connectivity index (χ0v) is 13.4. The molecule has 0 amide bonds. The van der Waals surface area contributed by atoms with Crippen LogP contribution in [0.3, 0.4) is 0 Å². The van der Waals surface area contributed by atoms with E-state index in [-0.39, 0.29) is 0 Å². The van der Waals surface area contributed by atoms with Crippen LogP contribution >= 0.6 is 0 Å². The number of nitrogens with zero attached hydrogens (tertiary/aromatic N) is 1. The second-order valence-corrected chi connectivity index (χ2v) is 7.53. The molecule has 0 aromatic heterocycles. The van der Waals surface area contributed by atoms with Crippen molar-refractivity contribution >= 4 is 0 Å². The monoisotopic (exact) mass is 280 g/mol. The highest BCUT2D eigenvalue weighted by Gasteiger charge is 2.50. The average Bonchev–Trinajstić information content (AvgIpc) is 3.10. The van der Waals surface area contributed by atoms with Gasteiger partial charge in [0.15, 0.2) is 0 Å². The van der Waals surface area contributed by atoms with E-state index < -0.39 is 0 Å². The van der Waals surface area contributed by atoms with Gasteiger partial charge in [-0.15, -0.1) is 0 Å². The van der Waals surface area contributed by atoms with Gasteiger partial charge in [-0.05, 0) is 39.0 Å². The summed E-state index contributed by atoms with van der Waals surface area (Å²) >= 11 is 0. The number of ether oxygens (including phenoxy) is 1. The minimum atomic E-state index is 0.440. The lowest BCUT2D eigenvalue weighted by molar-refractivity contribution is -0.0258. The smallest absolute Gasteiger partial charge is 0.0477 e. The van der Waals surface area contributed by atoms with Crippen molar-refractivity contribution in [1.29, 1.82) is 0 Å². The molecule has 1 aliphatic heterocycles. The van der Waals surface area contributed by atoms with E-state index in [4.69, 9.17) is 4.74 Å². The molecule has 3 aliphatic rings. The van der Waals surface area contributed by atoms with E-state index in [2.05, 4.69) is 17.1 Å². The average molecular weight is 280 g/mol. The Bertz CT molecular complexity index is 319. The van der Waals surface area contributed by atoms with Gasteiger partial charge in [0.1, 0.15) is 0 Å². The minimum absolute atomic E-state index is 0.440. The van der Waals surface area contributed by atoms with Gasteiger partial charge in [-0.25, -0.2) is 0 Å². The summed E-state index contributed by atoms with van der Waals surface area (Å²) in [5.41, 5.74) is 0.899. The van der Waals surface area contributed by atoms with Crippen molar-refractivity contribution in [3.8, 4) is 0 Å². The van der Waals surface area contributed by atoms with Crippen molar-refractivity contribution in [2.75, 3.05) is 26.8 Å². The molecule has 1 heterocycles. The molecule has 20 heavy (non-hydrogen) atoms. The van der Waals surface area contributed by atoms with Gasteiger partial charge >= 0.3 is 0 Å². The van der Waals surface area contributed by atoms with Crippen LogP contribution in [0.15, 0.2) is 0 Å². The Kier molecular flexibility index (Phi) is 4.40. The van der Waals surface area contributed by atoms with Gasteiger partial charge in [0.25, 0.3) is 0 Å². The molecule has 3 nitrogen and oxygen atoms in total. The zero-order valence-electron chi connectivity index (χ0n) is 13.4. The fourth-order valence-electron chi connectivity index (χ4n) is 4.95. The van der Waals surface area contributed by atoms with Crippen molar-refractivity contribution in [3.63, 3.8) is 0 Å². The molecule has 1 saturated heterocycles. The number of hydrogen-bond acceptors (Lipinski definition) is 3. The Morgan fingerprint density at radius 3 is 2.40 bits per heavy atom. The van der Waals surface area contributed by atoms with E-state index in [1.807, 2.05) is 7.11 Å². The molecule has 1 unspecified atom stereocenters. The van der Waals surface area contributed by atoms with Gasteiger partial charge in [-0.3, -0.25) is 4.90 Å². The van der Waals surface area contributed by atoms with Crippen LogP contribution in [0.2, 0.25) is 0 Å². The third kappa shape index (κ3) is 2.65. The van der Waals surface area contributed by atoms with Gasteiger partial charge < -0.3 is 10.1 Å². The van der Waals surface area contributed by atoms with Gasteiger partial charge in [0, 0.05) is 43.9 Å². The normalized spacial score (nSPS) is 30.3. The van der Waals surface area contributed by atoms with Crippen LogP contribution in [-0.4, -0.2) is 48.8 Å². The molecule has 0 radical (unpaired) electrons. The molecular weight excluding hydrogens is 248 g/mol. The van der Waals surface area contributed by atoms with Crippen LogP contribution < -0.4 is 5.32 Å². The summed E-state index contributed by atoms with van der Waals surface area (Å²) in [6.45, 7) is 5.82. The predicted octanol–water partition coefficient (Wildman–Crippen LogP) is 2.94. The third-order valence-corrected chi connectivity index (χ3v) is 6.24. The Hall–Kier alpha value is -0.120. The van der Waals surface area contributed by atoms with Crippen molar-refractivity contribution in [2.24, 2.45) is 0 Å². The van der Waals surface area contributed by atoms with E-state index >= 15 is 0 Å². The number of methoxy groups -OCH3 is 1. The molecule has 3 heteroatoms. The van der Waals surface area contributed by atoms with E-state index in [1.165, 1.54) is 70.9 Å². The summed E-state index contributed by atoms with van der Waals surface area (Å²) < 4.78 is 5.33. The Balaban J connectivity index is 1.75. The fraction of sp³-hybridized carbons (Fsp3) is 1.00. The largest absolute Gasteiger partial charge is 0.385 e. The van der Waals surface area contributed by atoms with E-state index in [9.17, 15) is 0 Å². The molecule has 3 rings (SSSR count). The van der Waals surface area contributed by atoms with Gasteiger partial charge in [-0.2, -0.15) is 0 Å². The summed E-state index contributed by atoms with van der Waals surface area (Å²) in [7, 11) is 1.83. The molecule has 2 spiro atoms. The predicted molar refractivity (Wildman–Crippen MR) is 83.1 cm³/mol. The molecule has 0 bridgehead atoms. The van der Waals surface area contributed by atoms with Gasteiger partial charge in [-0.1, -0.05) is 25.7 Å². The Morgan fingerprint density at radius 1 is 1.10 bits per heavy atom. The second-order valence-electron chi connectivity index (χ2n) is 7.53. The minimum Gasteiger partial charge on any atom is -0.385 e. The van der Waals surface area contributed by atoms with Crippen molar-refractivity contribution in [1.82, 2.24) is 10.2 Å². The Morgan fingerprint density at radius 2 is 1.75 bits per heavy atom. The summed E-state index contributed by atoms with van der Waals surface area (Å²) in [4.78, 5) is 2.89. The van der Waals surface area contributed by atoms with E-state index in [0.717, 1.165) is 6.61 Å². The molecule has 1 atom stereocenters. The number of rotatable bonds is 4. The standard InChI is InChI=1S/C17H32N2O/c1-15(7-12-20-2)19-14-16(8-3-4-9-16)18-13-17(19)10-5-6-11-17/h15,18H,3-14H2,1-2H3. The van der Waals surface area contributed by atoms with Gasteiger partial charge in [0.2, 0.25) is 0 Å². The molecular formula is C17H32N2O. The summed E-state index contributed by atoms with van der Waals surface area (Å²) in [5, 5.41) is 4.00. The number of hydrogen-bond donors (Lipinski definition) is 1. The highest BCUT2D eigenvalue weighted by molar-refractivity contribution is 5.09. The van der Waals surface area contributed by atoms with Crippen LogP contribution in [0.1, 0.15) is 64.7 Å². The summed E-state index contributed by atoms with van der Waals surface area (Å²) in [6.07, 6.45) is 12.4. The van der Waals surface area contributed by atoms with Crippen molar-refractivity contribution in [3.05, 3.63) is 0 Å². The zero-order chi connectivity index (χ0) is 14.1. The van der Waals surface area contributed by atoms with Crippen LogP contribution in [0.25, 0.3) is 0 Å². The maximum atomic E-state index is 5.33. The summed E-state index contributed by atoms with van der Waals surface area (Å²) in [5.74, 6) is 0. The first-order valence-electron chi connectivity index (χ1n) is 8.71.